The van der Waals surface area contributed by atoms with Crippen molar-refractivity contribution < 1.29 is 19.9 Å². The van der Waals surface area contributed by atoms with Gasteiger partial charge in [0.2, 0.25) is 5.82 Å². The van der Waals surface area contributed by atoms with Crippen LogP contribution >= 0.6 is 0 Å². The van der Waals surface area contributed by atoms with Gasteiger partial charge >= 0.3 is 11.7 Å². The topological polar surface area (TPSA) is 129 Å². The summed E-state index contributed by atoms with van der Waals surface area (Å²) in [4.78, 5) is 26.4. The molecule has 0 saturated carbocycles. The highest BCUT2D eigenvalue weighted by Crippen LogP contribution is 2.32. The van der Waals surface area contributed by atoms with Gasteiger partial charge in [0.25, 0.3) is 0 Å². The first kappa shape index (κ1) is 9.90. The van der Waals surface area contributed by atoms with Gasteiger partial charge in [0.1, 0.15) is 5.52 Å². The molecule has 2 rings (SSSR count). The van der Waals surface area contributed by atoms with Crippen LogP contribution in [-0.2, 0) is 0 Å². The minimum atomic E-state index is -1.33. The molecule has 0 fully saturated rings. The van der Waals surface area contributed by atoms with Crippen molar-refractivity contribution in [3.63, 3.8) is 0 Å². The minimum Gasteiger partial charge on any atom is -0.502 e. The third-order valence-electron chi connectivity index (χ3n) is 2.00. The molecular weight excluding hydrogens is 218 g/mol. The first-order valence-corrected chi connectivity index (χ1v) is 4.10. The molecule has 0 aliphatic heterocycles. The number of aromatic carboxylic acids is 1. The van der Waals surface area contributed by atoms with Crippen molar-refractivity contribution in [2.75, 3.05) is 0 Å². The molecule has 0 saturated heterocycles. The molecule has 8 nitrogen and oxygen atoms in total. The summed E-state index contributed by atoms with van der Waals surface area (Å²) in [6, 6.07) is 2.38. The fraction of sp³-hybridized carbons (Fsp3) is 0. The molecule has 0 radical (unpaired) electrons. The van der Waals surface area contributed by atoms with Gasteiger partial charge in [-0.1, -0.05) is 0 Å². The monoisotopic (exact) mass is 223 g/mol. The van der Waals surface area contributed by atoms with Gasteiger partial charge in [-0.15, -0.1) is 0 Å². The molecule has 0 aliphatic carbocycles. The number of hydrogen-bond acceptors (Lipinski definition) is 5. The Labute approximate surface area is 87.3 Å². The smallest absolute Gasteiger partial charge is 0.371 e. The number of rotatable bonds is 2. The number of carboxylic acids is 1. The van der Waals surface area contributed by atoms with Crippen LogP contribution < -0.4 is 0 Å². The molecule has 0 bridgehead atoms. The largest absolute Gasteiger partial charge is 0.502 e. The van der Waals surface area contributed by atoms with Crippen LogP contribution in [0.5, 0.6) is 5.75 Å². The summed E-state index contributed by atoms with van der Waals surface area (Å²) < 4.78 is 0. The van der Waals surface area contributed by atoms with Crippen LogP contribution in [0.3, 0.4) is 0 Å². The Morgan fingerprint density at radius 3 is 2.75 bits per heavy atom. The Bertz CT molecular complexity index is 603. The molecule has 0 aliphatic rings. The fourth-order valence-electron chi connectivity index (χ4n) is 1.34. The van der Waals surface area contributed by atoms with Crippen molar-refractivity contribution in [2.45, 2.75) is 0 Å². The highest BCUT2D eigenvalue weighted by molar-refractivity contribution is 5.93. The van der Waals surface area contributed by atoms with Crippen molar-refractivity contribution in [2.24, 2.45) is 0 Å². The number of H-pyrrole nitrogens is 1. The molecule has 1 heterocycles. The average molecular weight is 223 g/mol. The molecule has 1 aromatic heterocycles. The SMILES string of the molecule is O=C(O)c1nc2ccc(O)c([N+](=O)[O-])c2[nH]1. The number of nitrogens with zero attached hydrogens (tertiary/aromatic N) is 2. The number of carboxylic acid groups (broad SMARTS) is 1. The van der Waals surface area contributed by atoms with E-state index >= 15 is 0 Å². The third kappa shape index (κ3) is 1.32. The molecule has 16 heavy (non-hydrogen) atoms. The van der Waals surface area contributed by atoms with E-state index in [9.17, 15) is 20.0 Å². The van der Waals surface area contributed by atoms with E-state index in [1.54, 1.807) is 0 Å². The summed E-state index contributed by atoms with van der Waals surface area (Å²) in [5.41, 5.74) is -0.582. The first-order chi connectivity index (χ1) is 7.50. The molecule has 0 amide bonds. The second-order valence-electron chi connectivity index (χ2n) is 2.98. The highest BCUT2D eigenvalue weighted by Gasteiger charge is 2.22. The minimum absolute atomic E-state index is 0.109. The Morgan fingerprint density at radius 2 is 2.19 bits per heavy atom. The molecule has 0 spiro atoms. The van der Waals surface area contributed by atoms with Crippen molar-refractivity contribution in [1.82, 2.24) is 9.97 Å². The van der Waals surface area contributed by atoms with E-state index in [0.29, 0.717) is 0 Å². The van der Waals surface area contributed by atoms with Gasteiger partial charge < -0.3 is 15.2 Å². The number of phenols is 1. The standard InChI is InChI=1S/C8H5N3O5/c12-4-2-1-3-5(6(4)11(15)16)10-7(9-3)8(13)14/h1-2,12H,(H,9,10)(H,13,14). The predicted octanol–water partition coefficient (Wildman–Crippen LogP) is 0.875. The maximum Gasteiger partial charge on any atom is 0.371 e. The Morgan fingerprint density at radius 1 is 1.50 bits per heavy atom. The third-order valence-corrected chi connectivity index (χ3v) is 2.00. The van der Waals surface area contributed by atoms with Crippen molar-refractivity contribution in [3.8, 4) is 5.75 Å². The van der Waals surface area contributed by atoms with Gasteiger partial charge in [0, 0.05) is 0 Å². The Hall–Kier alpha value is -2.64. The number of hydrogen-bond donors (Lipinski definition) is 3. The lowest BCUT2D eigenvalue weighted by molar-refractivity contribution is -0.384. The lowest BCUT2D eigenvalue weighted by Gasteiger charge is -1.95. The number of benzene rings is 1. The van der Waals surface area contributed by atoms with Gasteiger partial charge in [-0.3, -0.25) is 10.1 Å². The molecule has 1 aromatic carbocycles. The van der Waals surface area contributed by atoms with Crippen LogP contribution in [-0.4, -0.2) is 31.1 Å². The van der Waals surface area contributed by atoms with Gasteiger partial charge in [-0.25, -0.2) is 9.78 Å². The van der Waals surface area contributed by atoms with Gasteiger partial charge in [-0.05, 0) is 12.1 Å². The summed E-state index contributed by atoms with van der Waals surface area (Å²) >= 11 is 0. The number of nitrogens with one attached hydrogen (secondary N) is 1. The van der Waals surface area contributed by atoms with Crippen LogP contribution in [0.4, 0.5) is 5.69 Å². The number of nitro benzene ring substituents is 1. The molecule has 0 unspecified atom stereocenters. The number of aromatic nitrogens is 2. The van der Waals surface area contributed by atoms with E-state index < -0.39 is 28.2 Å². The number of carbonyl (C=O) groups is 1. The van der Waals surface area contributed by atoms with E-state index in [1.807, 2.05) is 0 Å². The van der Waals surface area contributed by atoms with Crippen LogP contribution in [0.1, 0.15) is 10.6 Å². The summed E-state index contributed by atoms with van der Waals surface area (Å²) in [6.07, 6.45) is 0. The maximum atomic E-state index is 10.7. The normalized spacial score (nSPS) is 10.5. The maximum absolute atomic E-state index is 10.7. The van der Waals surface area contributed by atoms with Crippen LogP contribution in [0.25, 0.3) is 11.0 Å². The number of fused-ring (bicyclic) bond motifs is 1. The Balaban J connectivity index is 2.82. The molecular formula is C8H5N3O5. The van der Waals surface area contributed by atoms with Crippen molar-refractivity contribution >= 4 is 22.7 Å². The quantitative estimate of drug-likeness (QED) is 0.511. The molecule has 2 aromatic rings. The Kier molecular flexibility index (Phi) is 1.97. The number of imidazole rings is 1. The zero-order valence-electron chi connectivity index (χ0n) is 7.67. The predicted molar refractivity (Wildman–Crippen MR) is 51.4 cm³/mol. The lowest BCUT2D eigenvalue weighted by atomic mass is 10.2. The first-order valence-electron chi connectivity index (χ1n) is 4.10. The number of aromatic amines is 1. The van der Waals surface area contributed by atoms with Crippen LogP contribution in [0.2, 0.25) is 0 Å². The summed E-state index contributed by atoms with van der Waals surface area (Å²) in [6.45, 7) is 0. The highest BCUT2D eigenvalue weighted by atomic mass is 16.6. The zero-order chi connectivity index (χ0) is 11.9. The van der Waals surface area contributed by atoms with Gasteiger partial charge in [0.15, 0.2) is 5.75 Å². The van der Waals surface area contributed by atoms with E-state index in [-0.39, 0.29) is 11.0 Å². The zero-order valence-corrected chi connectivity index (χ0v) is 7.67. The number of aromatic hydroxyl groups is 1. The second kappa shape index (κ2) is 3.19. The molecule has 8 heteroatoms. The van der Waals surface area contributed by atoms with Crippen LogP contribution in [0.15, 0.2) is 12.1 Å². The fourth-order valence-corrected chi connectivity index (χ4v) is 1.34. The molecule has 3 N–H and O–H groups in total. The van der Waals surface area contributed by atoms with Crippen molar-refractivity contribution in [1.29, 1.82) is 0 Å². The summed E-state index contributed by atoms with van der Waals surface area (Å²) in [5.74, 6) is -2.29. The average Bonchev–Trinajstić information content (AvgIpc) is 2.60. The van der Waals surface area contributed by atoms with Crippen LogP contribution in [0, 0.1) is 10.1 Å². The number of phenolic OH excluding ortho intramolecular Hbond substituents is 1. The molecule has 82 valence electrons. The van der Waals surface area contributed by atoms with E-state index in [2.05, 4.69) is 9.97 Å². The van der Waals surface area contributed by atoms with E-state index in [4.69, 9.17) is 5.11 Å². The van der Waals surface area contributed by atoms with Gasteiger partial charge in [0.05, 0.1) is 10.4 Å². The summed E-state index contributed by atoms with van der Waals surface area (Å²) in [5, 5.41) is 28.6. The molecule has 0 atom stereocenters. The summed E-state index contributed by atoms with van der Waals surface area (Å²) in [7, 11) is 0. The second-order valence-corrected chi connectivity index (χ2v) is 2.98. The van der Waals surface area contributed by atoms with E-state index in [1.165, 1.54) is 6.07 Å². The van der Waals surface area contributed by atoms with Crippen molar-refractivity contribution in [3.05, 3.63) is 28.1 Å². The van der Waals surface area contributed by atoms with E-state index in [0.717, 1.165) is 6.07 Å². The van der Waals surface area contributed by atoms with Gasteiger partial charge in [-0.2, -0.15) is 0 Å². The number of nitro groups is 1. The lowest BCUT2D eigenvalue weighted by Crippen LogP contribution is -1.98.